The van der Waals surface area contributed by atoms with Gasteiger partial charge in [-0.1, -0.05) is 41.5 Å². The lowest BCUT2D eigenvalue weighted by molar-refractivity contribution is -0.218. The van der Waals surface area contributed by atoms with Crippen molar-refractivity contribution < 1.29 is 48.0 Å². The number of fused-ring (bicyclic) bond motifs is 1. The number of ether oxygens (including phenoxy) is 5. The zero-order valence-corrected chi connectivity index (χ0v) is 22.8. The van der Waals surface area contributed by atoms with Crippen LogP contribution in [0.3, 0.4) is 0 Å². The fraction of sp³-hybridized carbons (Fsp3) is 0.704. The van der Waals surface area contributed by atoms with Crippen molar-refractivity contribution in [3.05, 3.63) is 23.5 Å². The Morgan fingerprint density at radius 1 is 0.892 bits per heavy atom. The molecule has 10 nitrogen and oxygen atoms in total. The zero-order chi connectivity index (χ0) is 27.9. The summed E-state index contributed by atoms with van der Waals surface area (Å²) in [5, 5.41) is 12.0. The van der Waals surface area contributed by atoms with Crippen LogP contribution in [0.15, 0.2) is 23.5 Å². The van der Waals surface area contributed by atoms with Gasteiger partial charge in [-0.25, -0.2) is 0 Å². The van der Waals surface area contributed by atoms with Gasteiger partial charge in [-0.15, -0.1) is 0 Å². The molecule has 0 fully saturated rings. The zero-order valence-electron chi connectivity index (χ0n) is 22.8. The fourth-order valence-electron chi connectivity index (χ4n) is 4.17. The SMILES string of the molecule is CC(=O)OCC1=CO[C@@H](OC(=O)CC(C)C)C2C1=CC(OC(=O)CC(C)C)[C@@]2(O)COC(=O)CC(C)C. The van der Waals surface area contributed by atoms with Crippen LogP contribution in [0.1, 0.15) is 67.7 Å². The number of aliphatic hydroxyl groups is 1. The highest BCUT2D eigenvalue weighted by molar-refractivity contribution is 5.72. The largest absolute Gasteiger partial charge is 0.462 e. The Hall–Kier alpha value is -2.88. The molecule has 1 N–H and O–H groups in total. The molecule has 4 atom stereocenters. The van der Waals surface area contributed by atoms with Gasteiger partial charge in [0, 0.05) is 31.8 Å². The summed E-state index contributed by atoms with van der Waals surface area (Å²) in [6, 6.07) is 0. The third-order valence-electron chi connectivity index (χ3n) is 5.81. The van der Waals surface area contributed by atoms with Crippen LogP contribution in [0, 0.1) is 23.7 Å². The van der Waals surface area contributed by atoms with Crippen molar-refractivity contribution in [1.29, 1.82) is 0 Å². The van der Waals surface area contributed by atoms with Crippen LogP contribution in [-0.4, -0.2) is 60.2 Å². The molecule has 2 unspecified atom stereocenters. The molecule has 0 amide bonds. The molecule has 0 aromatic rings. The number of esters is 4. The van der Waals surface area contributed by atoms with Crippen molar-refractivity contribution in [1.82, 2.24) is 0 Å². The lowest BCUT2D eigenvalue weighted by atomic mass is 9.82. The highest BCUT2D eigenvalue weighted by atomic mass is 16.7. The highest BCUT2D eigenvalue weighted by Crippen LogP contribution is 2.47. The molecule has 0 radical (unpaired) electrons. The van der Waals surface area contributed by atoms with Crippen LogP contribution < -0.4 is 0 Å². The van der Waals surface area contributed by atoms with Crippen LogP contribution in [0.4, 0.5) is 0 Å². The van der Waals surface area contributed by atoms with Gasteiger partial charge in [-0.3, -0.25) is 19.2 Å². The minimum atomic E-state index is -2.01. The average Bonchev–Trinajstić information content (AvgIpc) is 3.03. The van der Waals surface area contributed by atoms with Gasteiger partial charge in [0.1, 0.15) is 13.2 Å². The lowest BCUT2D eigenvalue weighted by Gasteiger charge is -2.40. The molecular weight excluding hydrogens is 484 g/mol. The van der Waals surface area contributed by atoms with E-state index in [1.165, 1.54) is 19.3 Å². The number of hydrogen-bond donors (Lipinski definition) is 1. The summed E-state index contributed by atoms with van der Waals surface area (Å²) >= 11 is 0. The van der Waals surface area contributed by atoms with E-state index in [0.29, 0.717) is 11.1 Å². The Balaban J connectivity index is 2.45. The second-order valence-corrected chi connectivity index (χ2v) is 10.9. The fourth-order valence-corrected chi connectivity index (χ4v) is 4.17. The van der Waals surface area contributed by atoms with Gasteiger partial charge < -0.3 is 28.8 Å². The van der Waals surface area contributed by atoms with E-state index >= 15 is 0 Å². The maximum Gasteiger partial charge on any atom is 0.309 e. The molecule has 2 rings (SSSR count). The first-order valence-corrected chi connectivity index (χ1v) is 12.7. The standard InChI is InChI=1S/C27H40O10/c1-15(2)8-22(29)35-14-27(32)21(36-23(30)9-16(3)4)11-20-19(12-33-18(7)28)13-34-26(25(20)27)37-24(31)10-17(5)6/h11,13,15-17,21,25-26,32H,8-10,12,14H2,1-7H3/t21?,25?,26-,27-/m0/s1. The summed E-state index contributed by atoms with van der Waals surface area (Å²) in [6.45, 7) is 11.7. The molecule has 37 heavy (non-hydrogen) atoms. The quantitative estimate of drug-likeness (QED) is 0.299. The van der Waals surface area contributed by atoms with Crippen LogP contribution in [-0.2, 0) is 42.9 Å². The van der Waals surface area contributed by atoms with Crippen molar-refractivity contribution in [2.75, 3.05) is 13.2 Å². The number of carbonyl (C=O) groups is 4. The monoisotopic (exact) mass is 524 g/mol. The lowest BCUT2D eigenvalue weighted by Crippen LogP contribution is -2.56. The first kappa shape index (κ1) is 30.3. The van der Waals surface area contributed by atoms with E-state index in [1.807, 2.05) is 41.5 Å². The predicted octanol–water partition coefficient (Wildman–Crippen LogP) is 3.21. The Labute approximate surface area is 218 Å². The van der Waals surface area contributed by atoms with Gasteiger partial charge in [0.05, 0.1) is 12.2 Å². The normalized spacial score (nSPS) is 24.7. The summed E-state index contributed by atoms with van der Waals surface area (Å²) in [5.74, 6) is -3.19. The molecule has 208 valence electrons. The minimum Gasteiger partial charge on any atom is -0.462 e. The van der Waals surface area contributed by atoms with Crippen LogP contribution in [0.5, 0.6) is 0 Å². The maximum atomic E-state index is 12.6. The molecule has 10 heteroatoms. The number of rotatable bonds is 12. The van der Waals surface area contributed by atoms with E-state index in [1.54, 1.807) is 0 Å². The second kappa shape index (κ2) is 13.1. The predicted molar refractivity (Wildman–Crippen MR) is 131 cm³/mol. The van der Waals surface area contributed by atoms with E-state index in [4.69, 9.17) is 23.7 Å². The third-order valence-corrected chi connectivity index (χ3v) is 5.81. The van der Waals surface area contributed by atoms with Gasteiger partial charge in [-0.2, -0.15) is 0 Å². The summed E-state index contributed by atoms with van der Waals surface area (Å²) < 4.78 is 27.5. The molecule has 0 bridgehead atoms. The molecule has 1 aliphatic carbocycles. The van der Waals surface area contributed by atoms with Crippen LogP contribution in [0.25, 0.3) is 0 Å². The van der Waals surface area contributed by atoms with Crippen molar-refractivity contribution in [2.45, 2.75) is 85.7 Å². The summed E-state index contributed by atoms with van der Waals surface area (Å²) in [5.41, 5.74) is -1.20. The second-order valence-electron chi connectivity index (χ2n) is 10.9. The van der Waals surface area contributed by atoms with Gasteiger partial charge in [0.2, 0.25) is 0 Å². The first-order chi connectivity index (χ1) is 17.2. The van der Waals surface area contributed by atoms with E-state index in [9.17, 15) is 24.3 Å². The van der Waals surface area contributed by atoms with Crippen molar-refractivity contribution >= 4 is 23.9 Å². The van der Waals surface area contributed by atoms with E-state index < -0.39 is 54.4 Å². The van der Waals surface area contributed by atoms with Crippen molar-refractivity contribution in [2.24, 2.45) is 23.7 Å². The Bertz CT molecular complexity index is 916. The Morgan fingerprint density at radius 3 is 1.97 bits per heavy atom. The maximum absolute atomic E-state index is 12.6. The number of hydrogen-bond acceptors (Lipinski definition) is 10. The summed E-state index contributed by atoms with van der Waals surface area (Å²) in [4.78, 5) is 48.9. The molecule has 0 saturated heterocycles. The van der Waals surface area contributed by atoms with E-state index in [0.717, 1.165) is 0 Å². The van der Waals surface area contributed by atoms with Gasteiger partial charge in [0.15, 0.2) is 11.7 Å². The summed E-state index contributed by atoms with van der Waals surface area (Å²) in [7, 11) is 0. The van der Waals surface area contributed by atoms with Crippen molar-refractivity contribution in [3.8, 4) is 0 Å². The van der Waals surface area contributed by atoms with E-state index in [-0.39, 0.29) is 43.6 Å². The number of carbonyl (C=O) groups excluding carboxylic acids is 4. The summed E-state index contributed by atoms with van der Waals surface area (Å²) in [6.07, 6.45) is 0.625. The minimum absolute atomic E-state index is 0.00768. The third kappa shape index (κ3) is 8.59. The Morgan fingerprint density at radius 2 is 1.43 bits per heavy atom. The van der Waals surface area contributed by atoms with Gasteiger partial charge >= 0.3 is 23.9 Å². The molecule has 0 spiro atoms. The van der Waals surface area contributed by atoms with Crippen molar-refractivity contribution in [3.63, 3.8) is 0 Å². The molecule has 1 heterocycles. The molecule has 0 saturated carbocycles. The molecule has 2 aliphatic rings. The van der Waals surface area contributed by atoms with Gasteiger partial charge in [-0.05, 0) is 29.4 Å². The topological polar surface area (TPSA) is 135 Å². The van der Waals surface area contributed by atoms with E-state index in [2.05, 4.69) is 0 Å². The smallest absolute Gasteiger partial charge is 0.309 e. The molecule has 0 aromatic heterocycles. The molecular formula is C27H40O10. The highest BCUT2D eigenvalue weighted by Gasteiger charge is 2.59. The van der Waals surface area contributed by atoms with Crippen LogP contribution >= 0.6 is 0 Å². The Kier molecular flexibility index (Phi) is 10.7. The molecule has 0 aromatic carbocycles. The van der Waals surface area contributed by atoms with Gasteiger partial charge in [0.25, 0.3) is 6.29 Å². The van der Waals surface area contributed by atoms with Crippen LogP contribution in [0.2, 0.25) is 0 Å². The molecule has 1 aliphatic heterocycles. The average molecular weight is 525 g/mol. The first-order valence-electron chi connectivity index (χ1n) is 12.7.